The molecule has 9 nitrogen and oxygen atoms in total. The molecule has 1 aliphatic rings. The monoisotopic (exact) mass is 517 g/mol. The number of hydrogen-bond acceptors (Lipinski definition) is 6. The molecule has 10 heteroatoms. The third kappa shape index (κ3) is 5.42. The highest BCUT2D eigenvalue weighted by Crippen LogP contribution is 2.32. The summed E-state index contributed by atoms with van der Waals surface area (Å²) < 4.78 is 20.9. The highest BCUT2D eigenvalue weighted by molar-refractivity contribution is 6.01. The van der Waals surface area contributed by atoms with Gasteiger partial charge in [0.1, 0.15) is 23.3 Å². The van der Waals surface area contributed by atoms with Gasteiger partial charge in [-0.3, -0.25) is 14.4 Å². The molecule has 1 atom stereocenters. The molecule has 38 heavy (non-hydrogen) atoms. The Labute approximate surface area is 219 Å². The Balaban J connectivity index is 1.58. The Morgan fingerprint density at radius 2 is 1.95 bits per heavy atom. The molecule has 0 radical (unpaired) electrons. The van der Waals surface area contributed by atoms with Crippen LogP contribution in [-0.4, -0.2) is 43.9 Å². The van der Waals surface area contributed by atoms with Crippen LogP contribution >= 0.6 is 0 Å². The molecule has 0 aliphatic carbocycles. The maximum absolute atomic E-state index is 13.9. The number of imidazole rings is 1. The van der Waals surface area contributed by atoms with Crippen LogP contribution in [0.15, 0.2) is 42.6 Å². The molecule has 2 heterocycles. The zero-order valence-corrected chi connectivity index (χ0v) is 21.6. The molecule has 0 saturated heterocycles. The van der Waals surface area contributed by atoms with Gasteiger partial charge in [0.05, 0.1) is 17.3 Å². The molecule has 0 saturated carbocycles. The second kappa shape index (κ2) is 10.1. The van der Waals surface area contributed by atoms with Crippen molar-refractivity contribution in [3.63, 3.8) is 0 Å². The fraction of sp³-hybridized carbons (Fsp3) is 0.321. The number of carbonyl (C=O) groups excluding carboxylic acids is 3. The molecule has 4 rings (SSSR count). The number of nitrogens with zero attached hydrogens (tertiary/aromatic N) is 4. The van der Waals surface area contributed by atoms with Crippen LogP contribution in [0.4, 0.5) is 4.39 Å². The fourth-order valence-electron chi connectivity index (χ4n) is 4.51. The van der Waals surface area contributed by atoms with Crippen molar-refractivity contribution in [2.24, 2.45) is 12.8 Å². The normalized spacial score (nSPS) is 13.7. The van der Waals surface area contributed by atoms with Crippen molar-refractivity contribution in [3.05, 3.63) is 65.1 Å². The predicted molar refractivity (Wildman–Crippen MR) is 137 cm³/mol. The van der Waals surface area contributed by atoms with Crippen LogP contribution in [0, 0.1) is 17.1 Å². The maximum Gasteiger partial charge on any atom is 0.306 e. The second-order valence-electron chi connectivity index (χ2n) is 10.2. The Morgan fingerprint density at radius 1 is 1.21 bits per heavy atom. The lowest BCUT2D eigenvalue weighted by Crippen LogP contribution is -2.45. The molecule has 196 valence electrons. The number of benzene rings is 2. The second-order valence-corrected chi connectivity index (χ2v) is 10.2. The first-order valence-corrected chi connectivity index (χ1v) is 12.1. The minimum atomic E-state index is -0.968. The number of fused-ring (bicyclic) bond motifs is 1. The standard InChI is InChI=1S/C28H28FN5O4/c1-28(2,3)38-24(35)10-9-23(25(31)36)34-14-18-11-16(6-8-20(18)27(34)37)22-15-33(4)26(32-22)21-12-19(29)7-5-17(21)13-30/h5-8,11-12,15,23H,9-10,14H2,1-4H3,(H2,31,36). The molecule has 2 N–H and O–H groups in total. The molecule has 1 aromatic heterocycles. The Hall–Kier alpha value is -4.52. The fourth-order valence-corrected chi connectivity index (χ4v) is 4.51. The van der Waals surface area contributed by atoms with E-state index >= 15 is 0 Å². The van der Waals surface area contributed by atoms with Crippen LogP contribution in [0.1, 0.15) is 55.1 Å². The van der Waals surface area contributed by atoms with Crippen LogP contribution < -0.4 is 5.73 Å². The zero-order valence-electron chi connectivity index (χ0n) is 21.6. The molecule has 2 aromatic carbocycles. The van der Waals surface area contributed by atoms with Crippen LogP contribution in [-0.2, 0) is 27.9 Å². The van der Waals surface area contributed by atoms with Gasteiger partial charge in [-0.25, -0.2) is 9.37 Å². The van der Waals surface area contributed by atoms with Gasteiger partial charge in [-0.15, -0.1) is 0 Å². The van der Waals surface area contributed by atoms with Gasteiger partial charge in [0.25, 0.3) is 5.91 Å². The van der Waals surface area contributed by atoms with E-state index < -0.39 is 29.3 Å². The van der Waals surface area contributed by atoms with Crippen LogP contribution in [0.2, 0.25) is 0 Å². The lowest BCUT2D eigenvalue weighted by molar-refractivity contribution is -0.155. The van der Waals surface area contributed by atoms with Crippen LogP contribution in [0.5, 0.6) is 0 Å². The van der Waals surface area contributed by atoms with Crippen molar-refractivity contribution in [3.8, 4) is 28.7 Å². The van der Waals surface area contributed by atoms with Crippen molar-refractivity contribution < 1.29 is 23.5 Å². The number of amides is 2. The molecule has 3 aromatic rings. The molecule has 1 aliphatic heterocycles. The number of nitrogens with two attached hydrogens (primary N) is 1. The van der Waals surface area contributed by atoms with E-state index in [2.05, 4.69) is 11.1 Å². The molecule has 2 amide bonds. The van der Waals surface area contributed by atoms with E-state index in [1.165, 1.54) is 23.1 Å². The van der Waals surface area contributed by atoms with Crippen molar-refractivity contribution in [1.29, 1.82) is 5.26 Å². The van der Waals surface area contributed by atoms with E-state index in [0.29, 0.717) is 39.3 Å². The average Bonchev–Trinajstić information content (AvgIpc) is 3.37. The first-order chi connectivity index (χ1) is 17.9. The number of halogens is 1. The highest BCUT2D eigenvalue weighted by atomic mass is 19.1. The van der Waals surface area contributed by atoms with Gasteiger partial charge in [-0.2, -0.15) is 5.26 Å². The summed E-state index contributed by atoms with van der Waals surface area (Å²) in [5.41, 5.74) is 8.02. The molecular weight excluding hydrogens is 489 g/mol. The smallest absolute Gasteiger partial charge is 0.306 e. The lowest BCUT2D eigenvalue weighted by atomic mass is 10.0. The third-order valence-corrected chi connectivity index (χ3v) is 6.20. The summed E-state index contributed by atoms with van der Waals surface area (Å²) in [6.45, 7) is 5.39. The summed E-state index contributed by atoms with van der Waals surface area (Å²) in [5, 5.41) is 9.44. The molecule has 1 unspecified atom stereocenters. The van der Waals surface area contributed by atoms with Gasteiger partial charge in [0.15, 0.2) is 0 Å². The number of carbonyl (C=O) groups is 3. The van der Waals surface area contributed by atoms with E-state index in [1.807, 2.05) is 6.07 Å². The van der Waals surface area contributed by atoms with Crippen LogP contribution in [0.25, 0.3) is 22.6 Å². The largest absolute Gasteiger partial charge is 0.460 e. The minimum Gasteiger partial charge on any atom is -0.460 e. The molecule has 0 fully saturated rings. The Bertz CT molecular complexity index is 1480. The molecule has 0 spiro atoms. The number of primary amides is 1. The third-order valence-electron chi connectivity index (χ3n) is 6.20. The van der Waals surface area contributed by atoms with E-state index in [9.17, 15) is 24.0 Å². The number of hydrogen-bond donors (Lipinski definition) is 1. The van der Waals surface area contributed by atoms with Gasteiger partial charge < -0.3 is 19.9 Å². The van der Waals surface area contributed by atoms with E-state index in [-0.39, 0.29) is 25.3 Å². The van der Waals surface area contributed by atoms with E-state index in [4.69, 9.17) is 10.5 Å². The van der Waals surface area contributed by atoms with Crippen molar-refractivity contribution in [1.82, 2.24) is 14.5 Å². The first kappa shape index (κ1) is 26.5. The Kier molecular flexibility index (Phi) is 7.05. The zero-order chi connectivity index (χ0) is 27.8. The van der Waals surface area contributed by atoms with Gasteiger partial charge >= 0.3 is 5.97 Å². The predicted octanol–water partition coefficient (Wildman–Crippen LogP) is 3.70. The number of esters is 1. The van der Waals surface area contributed by atoms with Gasteiger partial charge in [0, 0.05) is 42.9 Å². The van der Waals surface area contributed by atoms with E-state index in [1.54, 1.807) is 50.7 Å². The van der Waals surface area contributed by atoms with Crippen LogP contribution in [0.3, 0.4) is 0 Å². The topological polar surface area (TPSA) is 131 Å². The first-order valence-electron chi connectivity index (χ1n) is 12.1. The van der Waals surface area contributed by atoms with Gasteiger partial charge in [-0.05, 0) is 63.1 Å². The van der Waals surface area contributed by atoms with Gasteiger partial charge in [-0.1, -0.05) is 6.07 Å². The van der Waals surface area contributed by atoms with E-state index in [0.717, 1.165) is 0 Å². The lowest BCUT2D eigenvalue weighted by Gasteiger charge is -2.25. The average molecular weight is 518 g/mol. The highest BCUT2D eigenvalue weighted by Gasteiger charge is 2.36. The summed E-state index contributed by atoms with van der Waals surface area (Å²) in [6, 6.07) is 10.2. The summed E-state index contributed by atoms with van der Waals surface area (Å²) in [7, 11) is 1.75. The number of aromatic nitrogens is 2. The number of nitriles is 1. The Morgan fingerprint density at radius 3 is 2.61 bits per heavy atom. The summed E-state index contributed by atoms with van der Waals surface area (Å²) in [6.07, 6.45) is 1.75. The van der Waals surface area contributed by atoms with Gasteiger partial charge in [0.2, 0.25) is 5.91 Å². The van der Waals surface area contributed by atoms with Crippen molar-refractivity contribution >= 4 is 17.8 Å². The summed E-state index contributed by atoms with van der Waals surface area (Å²) in [4.78, 5) is 43.5. The summed E-state index contributed by atoms with van der Waals surface area (Å²) >= 11 is 0. The SMILES string of the molecule is Cn1cc(-c2ccc3c(c2)CN(C(CCC(=O)OC(C)(C)C)C(N)=O)C3=O)nc1-c1cc(F)ccc1C#N. The number of rotatable bonds is 7. The van der Waals surface area contributed by atoms with Crippen molar-refractivity contribution in [2.45, 2.75) is 51.8 Å². The molecular formula is C28H28FN5O4. The summed E-state index contributed by atoms with van der Waals surface area (Å²) in [5.74, 6) is -1.58. The minimum absolute atomic E-state index is 0.0509. The van der Waals surface area contributed by atoms with Crippen molar-refractivity contribution in [2.75, 3.05) is 0 Å². The molecule has 0 bridgehead atoms. The number of aryl methyl sites for hydroxylation is 1. The number of ether oxygens (including phenoxy) is 1. The maximum atomic E-state index is 13.9. The quantitative estimate of drug-likeness (QED) is 0.476.